The lowest BCUT2D eigenvalue weighted by molar-refractivity contribution is -0.142. The Balaban J connectivity index is 1.77. The second-order valence-electron chi connectivity index (χ2n) is 6.90. The fourth-order valence-corrected chi connectivity index (χ4v) is 3.95. The summed E-state index contributed by atoms with van der Waals surface area (Å²) in [6.07, 6.45) is 5.56. The molecule has 4 heteroatoms. The summed E-state index contributed by atoms with van der Waals surface area (Å²) in [7, 11) is 0. The number of nitrogens with one attached hydrogen (secondary N) is 1. The van der Waals surface area contributed by atoms with Crippen molar-refractivity contribution in [2.45, 2.75) is 52.0 Å². The van der Waals surface area contributed by atoms with Gasteiger partial charge in [0, 0.05) is 5.92 Å². The summed E-state index contributed by atoms with van der Waals surface area (Å²) in [4.78, 5) is 24.1. The van der Waals surface area contributed by atoms with E-state index in [1.165, 1.54) is 12.8 Å². The first kappa shape index (κ1) is 15.1. The summed E-state index contributed by atoms with van der Waals surface area (Å²) < 4.78 is 0. The largest absolute Gasteiger partial charge is 0.479 e. The lowest BCUT2D eigenvalue weighted by Gasteiger charge is -2.19. The lowest BCUT2D eigenvalue weighted by Crippen LogP contribution is -2.36. The predicted octanol–water partition coefficient (Wildman–Crippen LogP) is 3.13. The molecule has 0 bridgehead atoms. The molecule has 3 rings (SSSR count). The van der Waals surface area contributed by atoms with Crippen molar-refractivity contribution in [3.8, 4) is 0 Å². The van der Waals surface area contributed by atoms with Crippen LogP contribution in [0.2, 0.25) is 0 Å². The Hall–Kier alpha value is -1.84. The molecule has 2 saturated carbocycles. The summed E-state index contributed by atoms with van der Waals surface area (Å²) in [5, 5.41) is 12.3. The molecule has 1 aromatic carbocycles. The molecule has 2 N–H and O–H groups in total. The summed E-state index contributed by atoms with van der Waals surface area (Å²) >= 11 is 0. The van der Waals surface area contributed by atoms with E-state index < -0.39 is 12.0 Å². The molecule has 22 heavy (non-hydrogen) atoms. The van der Waals surface area contributed by atoms with Gasteiger partial charge in [0.15, 0.2) is 6.04 Å². The van der Waals surface area contributed by atoms with E-state index in [4.69, 9.17) is 0 Å². The third-order valence-corrected chi connectivity index (χ3v) is 5.60. The Labute approximate surface area is 130 Å². The minimum atomic E-state index is -0.997. The van der Waals surface area contributed by atoms with Gasteiger partial charge < -0.3 is 10.4 Å². The number of aryl methyl sites for hydroxylation is 1. The fourth-order valence-electron chi connectivity index (χ4n) is 3.95. The van der Waals surface area contributed by atoms with Gasteiger partial charge in [-0.3, -0.25) is 4.79 Å². The van der Waals surface area contributed by atoms with Gasteiger partial charge in [0.25, 0.3) is 0 Å². The maximum atomic E-state index is 12.5. The highest BCUT2D eigenvalue weighted by molar-refractivity contribution is 5.88. The van der Waals surface area contributed by atoms with Crippen LogP contribution in [0.25, 0.3) is 0 Å². The van der Waals surface area contributed by atoms with E-state index in [-0.39, 0.29) is 17.2 Å². The van der Waals surface area contributed by atoms with E-state index in [1.807, 2.05) is 26.0 Å². The van der Waals surface area contributed by atoms with Crippen molar-refractivity contribution < 1.29 is 14.7 Å². The molecule has 1 spiro atoms. The standard InChI is InChI=1S/C18H23NO3/c1-11-6-5-7-13(12(11)2)15(17(21)22)19-16(20)14-10-18(14)8-3-4-9-18/h5-7,14-15H,3-4,8-10H2,1-2H3,(H,19,20)(H,21,22). The Kier molecular flexibility index (Phi) is 3.71. The molecule has 0 radical (unpaired) electrons. The molecule has 2 fully saturated rings. The number of carbonyl (C=O) groups excluding carboxylic acids is 1. The van der Waals surface area contributed by atoms with Crippen LogP contribution in [0.5, 0.6) is 0 Å². The molecule has 0 aliphatic heterocycles. The first-order chi connectivity index (χ1) is 10.4. The summed E-state index contributed by atoms with van der Waals surface area (Å²) in [6.45, 7) is 3.86. The number of carboxylic acid groups (broad SMARTS) is 1. The molecule has 1 aromatic rings. The maximum Gasteiger partial charge on any atom is 0.330 e. The van der Waals surface area contributed by atoms with E-state index in [0.29, 0.717) is 5.56 Å². The quantitative estimate of drug-likeness (QED) is 0.898. The average Bonchev–Trinajstić information content (AvgIpc) is 2.97. The topological polar surface area (TPSA) is 66.4 Å². The molecule has 0 aromatic heterocycles. The number of benzene rings is 1. The Bertz CT molecular complexity index is 617. The molecule has 118 valence electrons. The van der Waals surface area contributed by atoms with E-state index in [9.17, 15) is 14.7 Å². The summed E-state index contributed by atoms with van der Waals surface area (Å²) in [5.74, 6) is -1.07. The number of hydrogen-bond acceptors (Lipinski definition) is 2. The molecule has 1 amide bonds. The number of hydrogen-bond donors (Lipinski definition) is 2. The molecule has 2 unspecified atom stereocenters. The van der Waals surface area contributed by atoms with Gasteiger partial charge in [-0.2, -0.15) is 0 Å². The van der Waals surface area contributed by atoms with Crippen LogP contribution in [0.4, 0.5) is 0 Å². The van der Waals surface area contributed by atoms with Crippen molar-refractivity contribution in [1.82, 2.24) is 5.32 Å². The van der Waals surface area contributed by atoms with Crippen LogP contribution in [0.15, 0.2) is 18.2 Å². The molecule has 2 atom stereocenters. The van der Waals surface area contributed by atoms with E-state index >= 15 is 0 Å². The normalized spacial score (nSPS) is 23.3. The zero-order chi connectivity index (χ0) is 15.9. The van der Waals surface area contributed by atoms with Crippen molar-refractivity contribution >= 4 is 11.9 Å². The highest BCUT2D eigenvalue weighted by atomic mass is 16.4. The average molecular weight is 301 g/mol. The molecule has 0 heterocycles. The summed E-state index contributed by atoms with van der Waals surface area (Å²) in [6, 6.07) is 4.63. The van der Waals surface area contributed by atoms with E-state index in [0.717, 1.165) is 30.4 Å². The van der Waals surface area contributed by atoms with Crippen molar-refractivity contribution in [3.63, 3.8) is 0 Å². The van der Waals surface area contributed by atoms with Gasteiger partial charge in [0.1, 0.15) is 0 Å². The molecule has 4 nitrogen and oxygen atoms in total. The molecular formula is C18H23NO3. The monoisotopic (exact) mass is 301 g/mol. The summed E-state index contributed by atoms with van der Waals surface area (Å²) in [5.41, 5.74) is 2.84. The highest BCUT2D eigenvalue weighted by Gasteiger charge is 2.58. The van der Waals surface area contributed by atoms with Crippen LogP contribution in [0.3, 0.4) is 0 Å². The number of carbonyl (C=O) groups is 2. The van der Waals surface area contributed by atoms with Crippen LogP contribution < -0.4 is 5.32 Å². The second-order valence-corrected chi connectivity index (χ2v) is 6.90. The van der Waals surface area contributed by atoms with Gasteiger partial charge in [-0.15, -0.1) is 0 Å². The minimum Gasteiger partial charge on any atom is -0.479 e. The van der Waals surface area contributed by atoms with Gasteiger partial charge in [0.2, 0.25) is 5.91 Å². The van der Waals surface area contributed by atoms with E-state index in [1.54, 1.807) is 6.07 Å². The van der Waals surface area contributed by atoms with Crippen LogP contribution in [-0.4, -0.2) is 17.0 Å². The Morgan fingerprint density at radius 3 is 2.59 bits per heavy atom. The van der Waals surface area contributed by atoms with Gasteiger partial charge in [-0.25, -0.2) is 4.79 Å². The Morgan fingerprint density at radius 1 is 1.27 bits per heavy atom. The third-order valence-electron chi connectivity index (χ3n) is 5.60. The number of amides is 1. The highest BCUT2D eigenvalue weighted by Crippen LogP contribution is 2.62. The zero-order valence-corrected chi connectivity index (χ0v) is 13.2. The smallest absolute Gasteiger partial charge is 0.330 e. The minimum absolute atomic E-state index is 0.0157. The maximum absolute atomic E-state index is 12.5. The van der Waals surface area contributed by atoms with Crippen molar-refractivity contribution in [1.29, 1.82) is 0 Å². The zero-order valence-electron chi connectivity index (χ0n) is 13.2. The SMILES string of the molecule is Cc1cccc(C(NC(=O)C2CC23CCCC3)C(=O)O)c1C. The first-order valence-electron chi connectivity index (χ1n) is 8.04. The van der Waals surface area contributed by atoms with Gasteiger partial charge in [0.05, 0.1) is 0 Å². The van der Waals surface area contributed by atoms with Crippen molar-refractivity contribution in [2.75, 3.05) is 0 Å². The van der Waals surface area contributed by atoms with Gasteiger partial charge >= 0.3 is 5.97 Å². The molecular weight excluding hydrogens is 278 g/mol. The molecule has 2 aliphatic rings. The molecule has 0 saturated heterocycles. The lowest BCUT2D eigenvalue weighted by atomic mass is 9.96. The number of rotatable bonds is 4. The van der Waals surface area contributed by atoms with Crippen LogP contribution in [0, 0.1) is 25.2 Å². The predicted molar refractivity (Wildman–Crippen MR) is 83.4 cm³/mol. The van der Waals surface area contributed by atoms with E-state index in [2.05, 4.69) is 5.32 Å². The van der Waals surface area contributed by atoms with Gasteiger partial charge in [-0.05, 0) is 55.2 Å². The number of aliphatic carboxylic acids is 1. The van der Waals surface area contributed by atoms with Crippen molar-refractivity contribution in [2.24, 2.45) is 11.3 Å². The first-order valence-corrected chi connectivity index (χ1v) is 8.04. The number of carboxylic acids is 1. The molecule has 2 aliphatic carbocycles. The van der Waals surface area contributed by atoms with Crippen LogP contribution in [0.1, 0.15) is 54.8 Å². The van der Waals surface area contributed by atoms with Crippen molar-refractivity contribution in [3.05, 3.63) is 34.9 Å². The Morgan fingerprint density at radius 2 is 1.95 bits per heavy atom. The fraction of sp³-hybridized carbons (Fsp3) is 0.556. The van der Waals surface area contributed by atoms with Crippen LogP contribution in [-0.2, 0) is 9.59 Å². The van der Waals surface area contributed by atoms with Gasteiger partial charge in [-0.1, -0.05) is 31.0 Å². The second kappa shape index (κ2) is 5.41. The third kappa shape index (κ3) is 2.51. The van der Waals surface area contributed by atoms with Crippen LogP contribution >= 0.6 is 0 Å².